The van der Waals surface area contributed by atoms with Gasteiger partial charge in [0.2, 0.25) is 0 Å². The second-order valence-corrected chi connectivity index (χ2v) is 10.8. The molecule has 32 heavy (non-hydrogen) atoms. The highest BCUT2D eigenvalue weighted by Crippen LogP contribution is 2.39. The first-order valence-electron chi connectivity index (χ1n) is 14.3. The molecule has 2 aliphatic rings. The molecule has 0 aromatic heterocycles. The molecule has 1 aromatic carbocycles. The number of hydrogen-bond acceptors (Lipinski definition) is 0. The van der Waals surface area contributed by atoms with E-state index in [1.807, 2.05) is 0 Å². The van der Waals surface area contributed by atoms with Crippen LogP contribution >= 0.6 is 0 Å². The van der Waals surface area contributed by atoms with Gasteiger partial charge in [-0.2, -0.15) is 0 Å². The molecule has 2 aliphatic carbocycles. The van der Waals surface area contributed by atoms with Gasteiger partial charge in [0.25, 0.3) is 0 Å². The van der Waals surface area contributed by atoms with Gasteiger partial charge in [-0.1, -0.05) is 133 Å². The first kappa shape index (κ1) is 25.3. The smallest absolute Gasteiger partial charge is 0.0167 e. The van der Waals surface area contributed by atoms with Crippen LogP contribution in [-0.2, 0) is 6.42 Å². The van der Waals surface area contributed by atoms with Crippen LogP contribution in [0, 0.1) is 17.8 Å². The summed E-state index contributed by atoms with van der Waals surface area (Å²) < 4.78 is 0. The first-order chi connectivity index (χ1) is 15.8. The largest absolute Gasteiger partial charge is 0.0802 e. The Morgan fingerprint density at radius 3 is 2.00 bits per heavy atom. The summed E-state index contributed by atoms with van der Waals surface area (Å²) in [5.74, 6) is 2.73. The van der Waals surface area contributed by atoms with Gasteiger partial charge in [-0.05, 0) is 66.6 Å². The molecule has 0 saturated heterocycles. The van der Waals surface area contributed by atoms with Gasteiger partial charge in [0.05, 0.1) is 0 Å². The van der Waals surface area contributed by atoms with Gasteiger partial charge < -0.3 is 0 Å². The summed E-state index contributed by atoms with van der Waals surface area (Å²) in [7, 11) is 0. The summed E-state index contributed by atoms with van der Waals surface area (Å²) in [6, 6.07) is 9.33. The maximum absolute atomic E-state index is 2.55. The average Bonchev–Trinajstić information content (AvgIpc) is 2.85. The molecule has 0 amide bonds. The zero-order valence-electron chi connectivity index (χ0n) is 21.3. The van der Waals surface area contributed by atoms with E-state index in [9.17, 15) is 0 Å². The van der Waals surface area contributed by atoms with Gasteiger partial charge in [-0.25, -0.2) is 0 Å². The van der Waals surface area contributed by atoms with E-state index in [-0.39, 0.29) is 0 Å². The number of aryl methyl sites for hydroxylation is 1. The Kier molecular flexibility index (Phi) is 11.7. The van der Waals surface area contributed by atoms with E-state index in [0.717, 1.165) is 17.8 Å². The van der Waals surface area contributed by atoms with Crippen LogP contribution in [0.2, 0.25) is 0 Å². The summed E-state index contributed by atoms with van der Waals surface area (Å²) in [6.07, 6.45) is 31.5. The summed E-state index contributed by atoms with van der Waals surface area (Å²) in [5, 5.41) is 0. The predicted molar refractivity (Wildman–Crippen MR) is 143 cm³/mol. The lowest BCUT2D eigenvalue weighted by atomic mass is 9.72. The lowest BCUT2D eigenvalue weighted by Gasteiger charge is -2.33. The van der Waals surface area contributed by atoms with Crippen molar-refractivity contribution in [2.75, 3.05) is 0 Å². The Bertz CT molecular complexity index is 668. The molecule has 0 N–H and O–H groups in total. The zero-order chi connectivity index (χ0) is 22.4. The van der Waals surface area contributed by atoms with Gasteiger partial charge >= 0.3 is 0 Å². The van der Waals surface area contributed by atoms with Gasteiger partial charge in [-0.15, -0.1) is 0 Å². The molecule has 1 unspecified atom stereocenters. The molecule has 1 aromatic rings. The minimum atomic E-state index is 0.784. The minimum Gasteiger partial charge on any atom is -0.0802 e. The molecule has 1 atom stereocenters. The lowest BCUT2D eigenvalue weighted by Crippen LogP contribution is -2.21. The number of unbranched alkanes of at least 4 members (excludes halogenated alkanes) is 8. The van der Waals surface area contributed by atoms with Gasteiger partial charge in [-0.3, -0.25) is 0 Å². The second kappa shape index (κ2) is 14.8. The highest BCUT2D eigenvalue weighted by atomic mass is 14.3. The molecule has 178 valence electrons. The third-order valence-corrected chi connectivity index (χ3v) is 8.20. The molecule has 1 fully saturated rings. The fourth-order valence-corrected chi connectivity index (χ4v) is 5.92. The van der Waals surface area contributed by atoms with Crippen molar-refractivity contribution in [3.8, 4) is 0 Å². The Labute approximate surface area is 200 Å². The van der Waals surface area contributed by atoms with E-state index >= 15 is 0 Å². The Morgan fingerprint density at radius 2 is 1.38 bits per heavy atom. The molecule has 0 radical (unpaired) electrons. The van der Waals surface area contributed by atoms with Gasteiger partial charge in [0, 0.05) is 0 Å². The molecule has 0 nitrogen and oxygen atoms in total. The molecule has 0 heterocycles. The summed E-state index contributed by atoms with van der Waals surface area (Å²) in [4.78, 5) is 0. The predicted octanol–water partition coefficient (Wildman–Crippen LogP) is 10.3. The Hall–Kier alpha value is -1.30. The van der Waals surface area contributed by atoms with Crippen molar-refractivity contribution in [2.45, 2.75) is 123 Å². The first-order valence-corrected chi connectivity index (χ1v) is 14.3. The molecular formula is C32H50. The van der Waals surface area contributed by atoms with Crippen molar-refractivity contribution >= 4 is 5.57 Å². The molecule has 0 spiro atoms. The van der Waals surface area contributed by atoms with Crippen LogP contribution in [-0.4, -0.2) is 0 Å². The topological polar surface area (TPSA) is 0 Å². The highest BCUT2D eigenvalue weighted by molar-refractivity contribution is 5.75. The summed E-state index contributed by atoms with van der Waals surface area (Å²) in [5.41, 5.74) is 4.32. The van der Waals surface area contributed by atoms with Gasteiger partial charge in [0.1, 0.15) is 0 Å². The zero-order valence-corrected chi connectivity index (χ0v) is 21.3. The van der Waals surface area contributed by atoms with E-state index in [2.05, 4.69) is 56.3 Å². The average molecular weight is 435 g/mol. The van der Waals surface area contributed by atoms with E-state index in [1.165, 1.54) is 126 Å². The van der Waals surface area contributed by atoms with Crippen molar-refractivity contribution in [1.82, 2.24) is 0 Å². The fourth-order valence-electron chi connectivity index (χ4n) is 5.92. The van der Waals surface area contributed by atoms with Crippen LogP contribution < -0.4 is 0 Å². The molecule has 1 saturated carbocycles. The number of hydrogen-bond donors (Lipinski definition) is 0. The normalized spacial score (nSPS) is 23.3. The van der Waals surface area contributed by atoms with Crippen LogP contribution in [0.25, 0.3) is 5.57 Å². The number of benzene rings is 1. The van der Waals surface area contributed by atoms with Crippen LogP contribution in [0.4, 0.5) is 0 Å². The van der Waals surface area contributed by atoms with Crippen molar-refractivity contribution < 1.29 is 0 Å². The van der Waals surface area contributed by atoms with Crippen LogP contribution in [0.1, 0.15) is 128 Å². The minimum absolute atomic E-state index is 0.784. The molecule has 0 aliphatic heterocycles. The van der Waals surface area contributed by atoms with Crippen molar-refractivity contribution in [3.63, 3.8) is 0 Å². The Morgan fingerprint density at radius 1 is 0.719 bits per heavy atom. The maximum Gasteiger partial charge on any atom is -0.0167 e. The quantitative estimate of drug-likeness (QED) is 0.255. The maximum atomic E-state index is 2.55. The van der Waals surface area contributed by atoms with E-state index in [1.54, 1.807) is 0 Å². The number of rotatable bonds is 14. The summed E-state index contributed by atoms with van der Waals surface area (Å²) >= 11 is 0. The monoisotopic (exact) mass is 434 g/mol. The Balaban J connectivity index is 1.31. The van der Waals surface area contributed by atoms with Crippen LogP contribution in [0.3, 0.4) is 0 Å². The van der Waals surface area contributed by atoms with E-state index < -0.39 is 0 Å². The third-order valence-electron chi connectivity index (χ3n) is 8.20. The van der Waals surface area contributed by atoms with Gasteiger partial charge in [0.15, 0.2) is 0 Å². The molecule has 3 rings (SSSR count). The van der Waals surface area contributed by atoms with E-state index in [4.69, 9.17) is 0 Å². The van der Waals surface area contributed by atoms with Crippen LogP contribution in [0.15, 0.2) is 42.5 Å². The second-order valence-electron chi connectivity index (χ2n) is 10.8. The SMILES string of the molecule is CCCCCCCCCCC1CCC(C2C=CC(c3ccc(CCCC)cc3)=CC2)CC1. The van der Waals surface area contributed by atoms with Crippen molar-refractivity contribution in [1.29, 1.82) is 0 Å². The molecule has 0 heteroatoms. The third kappa shape index (κ3) is 8.57. The molecular weight excluding hydrogens is 384 g/mol. The lowest BCUT2D eigenvalue weighted by molar-refractivity contribution is 0.218. The fraction of sp³-hybridized carbons (Fsp3) is 0.688. The summed E-state index contributed by atoms with van der Waals surface area (Å²) in [6.45, 7) is 4.58. The van der Waals surface area contributed by atoms with Crippen molar-refractivity contribution in [2.24, 2.45) is 17.8 Å². The van der Waals surface area contributed by atoms with Crippen LogP contribution in [0.5, 0.6) is 0 Å². The number of allylic oxidation sites excluding steroid dienone is 4. The highest BCUT2D eigenvalue weighted by Gasteiger charge is 2.26. The molecule has 0 bridgehead atoms. The van der Waals surface area contributed by atoms with Crippen molar-refractivity contribution in [3.05, 3.63) is 53.6 Å². The van der Waals surface area contributed by atoms with E-state index in [0.29, 0.717) is 0 Å². The standard InChI is InChI=1S/C32H50/c1-3-5-7-8-9-10-11-12-14-28-17-21-30(22-18-28)32-25-23-31(24-26-32)29-19-15-27(16-20-29)13-6-4-2/h15-16,19-20,23-25,28,30,32H,3-14,17-18,21-22,26H2,1-2H3.